The van der Waals surface area contributed by atoms with Crippen LogP contribution in [0.5, 0.6) is 11.5 Å². The van der Waals surface area contributed by atoms with Crippen molar-refractivity contribution in [2.45, 2.75) is 56.8 Å². The molecule has 0 radical (unpaired) electrons. The third kappa shape index (κ3) is 6.45. The van der Waals surface area contributed by atoms with Crippen molar-refractivity contribution in [3.63, 3.8) is 0 Å². The van der Waals surface area contributed by atoms with E-state index in [1.165, 1.54) is 20.1 Å². The van der Waals surface area contributed by atoms with Crippen molar-refractivity contribution >= 4 is 5.97 Å². The Morgan fingerprint density at radius 3 is 2.37 bits per heavy atom. The first-order valence-corrected chi connectivity index (χ1v) is 10.9. The van der Waals surface area contributed by atoms with Crippen LogP contribution in [0.3, 0.4) is 0 Å². The molecule has 6 atom stereocenters. The SMILES string of the molecule is COc1ccc(Cc2c(F)cc(COC(=O)CO)cc2O[C@@H]2O[C@H]([C@@H](C)O)[C@@H](O)[C@H](O)[C@H]2O)cc1. The molecule has 5 N–H and O–H groups in total. The number of benzene rings is 2. The van der Waals surface area contributed by atoms with Gasteiger partial charge in [-0.05, 0) is 42.3 Å². The molecule has 1 aliphatic rings. The van der Waals surface area contributed by atoms with Crippen molar-refractivity contribution in [1.29, 1.82) is 0 Å². The summed E-state index contributed by atoms with van der Waals surface area (Å²) < 4.78 is 36.4. The minimum absolute atomic E-state index is 0.0652. The molecular weight excluding hydrogens is 467 g/mol. The molecule has 192 valence electrons. The smallest absolute Gasteiger partial charge is 0.332 e. The first-order valence-electron chi connectivity index (χ1n) is 10.9. The summed E-state index contributed by atoms with van der Waals surface area (Å²) in [6.45, 7) is 0.131. The van der Waals surface area contributed by atoms with E-state index in [0.29, 0.717) is 11.3 Å². The molecule has 2 aromatic rings. The highest BCUT2D eigenvalue weighted by Crippen LogP contribution is 2.32. The quantitative estimate of drug-likeness (QED) is 0.300. The predicted molar refractivity (Wildman–Crippen MR) is 118 cm³/mol. The van der Waals surface area contributed by atoms with E-state index in [1.54, 1.807) is 24.3 Å². The minimum Gasteiger partial charge on any atom is -0.497 e. The van der Waals surface area contributed by atoms with Gasteiger partial charge in [0, 0.05) is 12.0 Å². The van der Waals surface area contributed by atoms with Crippen LogP contribution in [0.15, 0.2) is 36.4 Å². The molecule has 0 unspecified atom stereocenters. The molecule has 0 spiro atoms. The average Bonchev–Trinajstić information content (AvgIpc) is 2.84. The van der Waals surface area contributed by atoms with Crippen molar-refractivity contribution in [1.82, 2.24) is 0 Å². The number of halogens is 1. The summed E-state index contributed by atoms with van der Waals surface area (Å²) >= 11 is 0. The third-order valence-corrected chi connectivity index (χ3v) is 5.61. The highest BCUT2D eigenvalue weighted by molar-refractivity contribution is 5.70. The van der Waals surface area contributed by atoms with Crippen LogP contribution >= 0.6 is 0 Å². The molecule has 10 nitrogen and oxygen atoms in total. The molecule has 3 rings (SSSR count). The lowest BCUT2D eigenvalue weighted by atomic mass is 9.96. The number of hydrogen-bond donors (Lipinski definition) is 5. The van der Waals surface area contributed by atoms with E-state index in [4.69, 9.17) is 24.1 Å². The summed E-state index contributed by atoms with van der Waals surface area (Å²) in [5.41, 5.74) is 0.976. The highest BCUT2D eigenvalue weighted by atomic mass is 19.1. The van der Waals surface area contributed by atoms with Gasteiger partial charge in [0.05, 0.1) is 13.2 Å². The van der Waals surface area contributed by atoms with E-state index in [1.807, 2.05) is 0 Å². The zero-order chi connectivity index (χ0) is 25.7. The van der Waals surface area contributed by atoms with Crippen LogP contribution in [0.2, 0.25) is 0 Å². The molecule has 1 aliphatic heterocycles. The molecule has 0 aromatic heterocycles. The number of ether oxygens (including phenoxy) is 4. The first kappa shape index (κ1) is 26.8. The largest absolute Gasteiger partial charge is 0.497 e. The van der Waals surface area contributed by atoms with Gasteiger partial charge in [0.2, 0.25) is 6.29 Å². The summed E-state index contributed by atoms with van der Waals surface area (Å²) in [4.78, 5) is 11.3. The van der Waals surface area contributed by atoms with Crippen molar-refractivity contribution in [3.8, 4) is 11.5 Å². The maximum absolute atomic E-state index is 15.2. The Morgan fingerprint density at radius 1 is 1.09 bits per heavy atom. The first-order chi connectivity index (χ1) is 16.6. The fraction of sp³-hybridized carbons (Fsp3) is 0.458. The van der Waals surface area contributed by atoms with Gasteiger partial charge in [-0.1, -0.05) is 12.1 Å². The van der Waals surface area contributed by atoms with E-state index in [0.717, 1.165) is 6.07 Å². The van der Waals surface area contributed by atoms with E-state index >= 15 is 4.39 Å². The van der Waals surface area contributed by atoms with Crippen molar-refractivity contribution in [2.75, 3.05) is 13.7 Å². The van der Waals surface area contributed by atoms with Gasteiger partial charge in [-0.25, -0.2) is 9.18 Å². The number of aliphatic hydroxyl groups excluding tert-OH is 5. The van der Waals surface area contributed by atoms with Crippen LogP contribution in [-0.2, 0) is 27.3 Å². The molecule has 0 aliphatic carbocycles. The monoisotopic (exact) mass is 496 g/mol. The molecule has 0 bridgehead atoms. The van der Waals surface area contributed by atoms with E-state index < -0.39 is 55.2 Å². The molecule has 0 amide bonds. The van der Waals surface area contributed by atoms with Gasteiger partial charge in [0.15, 0.2) is 0 Å². The Bertz CT molecular complexity index is 997. The summed E-state index contributed by atoms with van der Waals surface area (Å²) in [6.07, 6.45) is -8.97. The Morgan fingerprint density at radius 2 is 1.77 bits per heavy atom. The van der Waals surface area contributed by atoms with Gasteiger partial charge in [-0.3, -0.25) is 0 Å². The van der Waals surface area contributed by atoms with Crippen molar-refractivity contribution < 1.29 is 53.7 Å². The topological polar surface area (TPSA) is 155 Å². The van der Waals surface area contributed by atoms with Crippen LogP contribution in [0.1, 0.15) is 23.6 Å². The molecular formula is C24H29FO10. The Hall–Kier alpha value is -2.80. The summed E-state index contributed by atoms with van der Waals surface area (Å²) in [5, 5.41) is 49.4. The summed E-state index contributed by atoms with van der Waals surface area (Å²) in [5.74, 6) is -1.07. The Balaban J connectivity index is 1.94. The molecule has 11 heteroatoms. The zero-order valence-electron chi connectivity index (χ0n) is 19.2. The van der Waals surface area contributed by atoms with Crippen LogP contribution in [-0.4, -0.2) is 82.0 Å². The second-order valence-corrected chi connectivity index (χ2v) is 8.20. The van der Waals surface area contributed by atoms with Gasteiger partial charge >= 0.3 is 5.97 Å². The maximum Gasteiger partial charge on any atom is 0.332 e. The predicted octanol–water partition coefficient (Wildman–Crippen LogP) is 0.0278. The van der Waals surface area contributed by atoms with Crippen LogP contribution in [0, 0.1) is 5.82 Å². The zero-order valence-corrected chi connectivity index (χ0v) is 19.2. The average molecular weight is 496 g/mol. The fourth-order valence-electron chi connectivity index (χ4n) is 3.68. The van der Waals surface area contributed by atoms with Crippen LogP contribution in [0.25, 0.3) is 0 Å². The number of hydrogen-bond acceptors (Lipinski definition) is 10. The summed E-state index contributed by atoms with van der Waals surface area (Å²) in [7, 11) is 1.52. The van der Waals surface area contributed by atoms with Crippen LogP contribution < -0.4 is 9.47 Å². The van der Waals surface area contributed by atoms with Gasteiger partial charge < -0.3 is 44.5 Å². The molecule has 1 heterocycles. The second-order valence-electron chi connectivity index (χ2n) is 8.20. The van der Waals surface area contributed by atoms with E-state index in [-0.39, 0.29) is 29.9 Å². The lowest BCUT2D eigenvalue weighted by Gasteiger charge is -2.41. The Kier molecular flexibility index (Phi) is 9.00. The third-order valence-electron chi connectivity index (χ3n) is 5.61. The number of rotatable bonds is 9. The summed E-state index contributed by atoms with van der Waals surface area (Å²) in [6, 6.07) is 9.39. The lowest BCUT2D eigenvalue weighted by molar-refractivity contribution is -0.286. The van der Waals surface area contributed by atoms with E-state index in [9.17, 15) is 25.2 Å². The minimum atomic E-state index is -1.72. The van der Waals surface area contributed by atoms with Crippen LogP contribution in [0.4, 0.5) is 4.39 Å². The number of aliphatic hydroxyl groups is 5. The molecule has 1 fully saturated rings. The van der Waals surface area contributed by atoms with Crippen molar-refractivity contribution in [2.24, 2.45) is 0 Å². The second kappa shape index (κ2) is 11.8. The van der Waals surface area contributed by atoms with Gasteiger partial charge in [-0.15, -0.1) is 0 Å². The molecule has 2 aromatic carbocycles. The fourth-order valence-corrected chi connectivity index (χ4v) is 3.68. The van der Waals surface area contributed by atoms with Gasteiger partial charge in [0.25, 0.3) is 0 Å². The maximum atomic E-state index is 15.2. The molecule has 1 saturated heterocycles. The van der Waals surface area contributed by atoms with Crippen molar-refractivity contribution in [3.05, 3.63) is 58.9 Å². The molecule has 0 saturated carbocycles. The van der Waals surface area contributed by atoms with Gasteiger partial charge in [0.1, 0.15) is 54.9 Å². The highest BCUT2D eigenvalue weighted by Gasteiger charge is 2.46. The standard InChI is InChI=1S/C24H29FO10/c1-12(27)23-21(30)20(29)22(31)24(35-23)34-18-9-14(11-33-19(28)10-26)8-17(25)16(18)7-13-3-5-15(32-2)6-4-13/h3-6,8-9,12,20-24,26-27,29-31H,7,10-11H2,1-2H3/t12-,20+,21+,22-,23-,24-/m1/s1. The number of carbonyl (C=O) groups excluding carboxylic acids is 1. The Labute approximate surface area is 201 Å². The lowest BCUT2D eigenvalue weighted by Crippen LogP contribution is -2.61. The number of esters is 1. The van der Waals surface area contributed by atoms with Gasteiger partial charge in [-0.2, -0.15) is 0 Å². The number of carbonyl (C=O) groups is 1. The normalized spacial score (nSPS) is 25.1. The van der Waals surface area contributed by atoms with E-state index in [2.05, 4.69) is 0 Å². The molecule has 35 heavy (non-hydrogen) atoms. The number of methoxy groups -OCH3 is 1.